The highest BCUT2D eigenvalue weighted by Gasteiger charge is 2.31. The highest BCUT2D eigenvalue weighted by Crippen LogP contribution is 2.23. The van der Waals surface area contributed by atoms with Gasteiger partial charge >= 0.3 is 6.61 Å². The van der Waals surface area contributed by atoms with E-state index in [4.69, 9.17) is 0 Å². The van der Waals surface area contributed by atoms with Crippen LogP contribution in [0.4, 0.5) is 8.78 Å². The predicted octanol–water partition coefficient (Wildman–Crippen LogP) is 2.25. The van der Waals surface area contributed by atoms with E-state index in [1.807, 2.05) is 0 Å². The minimum atomic E-state index is -2.88. The smallest absolute Gasteiger partial charge is 0.387 e. The minimum Gasteiger partial charge on any atom is -0.435 e. The van der Waals surface area contributed by atoms with Crippen molar-refractivity contribution in [3.05, 3.63) is 29.8 Å². The number of carbonyl (C=O) groups excluding carboxylic acids is 1. The van der Waals surface area contributed by atoms with Crippen molar-refractivity contribution in [1.82, 2.24) is 10.2 Å². The highest BCUT2D eigenvalue weighted by atomic mass is 19.3. The maximum atomic E-state index is 12.5. The van der Waals surface area contributed by atoms with E-state index in [2.05, 4.69) is 10.1 Å². The fourth-order valence-corrected chi connectivity index (χ4v) is 3.12. The van der Waals surface area contributed by atoms with Gasteiger partial charge in [-0.1, -0.05) is 6.07 Å². The molecule has 114 valence electrons. The van der Waals surface area contributed by atoms with Crippen LogP contribution in [0.25, 0.3) is 0 Å². The zero-order valence-electron chi connectivity index (χ0n) is 11.6. The molecule has 0 radical (unpaired) electrons. The van der Waals surface area contributed by atoms with Crippen molar-refractivity contribution in [2.75, 3.05) is 13.1 Å². The number of hydrogen-bond donors (Lipinski definition) is 1. The Balaban J connectivity index is 1.72. The molecule has 2 atom stereocenters. The number of nitrogens with one attached hydrogen (secondary N) is 1. The number of fused-ring (bicyclic) bond motifs is 2. The van der Waals surface area contributed by atoms with Gasteiger partial charge in [-0.05, 0) is 37.5 Å². The van der Waals surface area contributed by atoms with Crippen molar-refractivity contribution < 1.29 is 18.3 Å². The Bertz CT molecular complexity index is 524. The van der Waals surface area contributed by atoms with Crippen molar-refractivity contribution in [2.24, 2.45) is 0 Å². The molecule has 2 fully saturated rings. The van der Waals surface area contributed by atoms with Crippen LogP contribution in [0.5, 0.6) is 5.75 Å². The average molecular weight is 296 g/mol. The molecule has 2 heterocycles. The number of carbonyl (C=O) groups is 1. The average Bonchev–Trinajstić information content (AvgIpc) is 2.77. The molecule has 1 amide bonds. The minimum absolute atomic E-state index is 0.0188. The maximum absolute atomic E-state index is 12.5. The molecule has 0 spiro atoms. The zero-order valence-corrected chi connectivity index (χ0v) is 11.6. The SMILES string of the molecule is O=C(c1cccc(OC(F)F)c1)N1CCC2CCC(C1)N2. The summed E-state index contributed by atoms with van der Waals surface area (Å²) in [6, 6.07) is 6.85. The molecule has 2 unspecified atom stereocenters. The Morgan fingerprint density at radius 3 is 2.90 bits per heavy atom. The van der Waals surface area contributed by atoms with Gasteiger partial charge in [0.15, 0.2) is 0 Å². The third-order valence-corrected chi connectivity index (χ3v) is 4.12. The van der Waals surface area contributed by atoms with Crippen LogP contribution >= 0.6 is 0 Å². The Morgan fingerprint density at radius 2 is 2.10 bits per heavy atom. The second-order valence-corrected chi connectivity index (χ2v) is 5.58. The lowest BCUT2D eigenvalue weighted by atomic mass is 10.1. The van der Waals surface area contributed by atoms with E-state index in [0.29, 0.717) is 30.7 Å². The third-order valence-electron chi connectivity index (χ3n) is 4.12. The van der Waals surface area contributed by atoms with E-state index in [1.165, 1.54) is 18.6 Å². The van der Waals surface area contributed by atoms with Crippen LogP contribution in [-0.2, 0) is 0 Å². The molecule has 21 heavy (non-hydrogen) atoms. The number of alkyl halides is 2. The number of ether oxygens (including phenoxy) is 1. The summed E-state index contributed by atoms with van der Waals surface area (Å²) in [6.45, 7) is -1.50. The molecule has 2 bridgehead atoms. The van der Waals surface area contributed by atoms with Gasteiger partial charge in [-0.25, -0.2) is 0 Å². The van der Waals surface area contributed by atoms with Gasteiger partial charge in [-0.3, -0.25) is 4.79 Å². The van der Waals surface area contributed by atoms with Crippen molar-refractivity contribution >= 4 is 5.91 Å². The maximum Gasteiger partial charge on any atom is 0.387 e. The standard InChI is InChI=1S/C15H18F2N2O2/c16-15(17)21-13-3-1-2-10(8-13)14(20)19-7-6-11-4-5-12(9-19)18-11/h1-3,8,11-12,15,18H,4-7,9H2. The monoisotopic (exact) mass is 296 g/mol. The van der Waals surface area contributed by atoms with Gasteiger partial charge in [-0.2, -0.15) is 8.78 Å². The van der Waals surface area contributed by atoms with Crippen LogP contribution in [0.3, 0.4) is 0 Å². The lowest BCUT2D eigenvalue weighted by Gasteiger charge is -2.24. The number of rotatable bonds is 3. The highest BCUT2D eigenvalue weighted by molar-refractivity contribution is 5.94. The van der Waals surface area contributed by atoms with E-state index in [9.17, 15) is 13.6 Å². The van der Waals surface area contributed by atoms with Crippen molar-refractivity contribution in [3.63, 3.8) is 0 Å². The van der Waals surface area contributed by atoms with E-state index >= 15 is 0 Å². The lowest BCUT2D eigenvalue weighted by molar-refractivity contribution is -0.0499. The number of hydrogen-bond acceptors (Lipinski definition) is 3. The lowest BCUT2D eigenvalue weighted by Crippen LogP contribution is -2.39. The van der Waals surface area contributed by atoms with Crippen LogP contribution in [0.15, 0.2) is 24.3 Å². The largest absolute Gasteiger partial charge is 0.435 e. The fraction of sp³-hybridized carbons (Fsp3) is 0.533. The summed E-state index contributed by atoms with van der Waals surface area (Å²) in [7, 11) is 0. The van der Waals surface area contributed by atoms with Crippen LogP contribution in [0.2, 0.25) is 0 Å². The van der Waals surface area contributed by atoms with Crippen molar-refractivity contribution in [3.8, 4) is 5.75 Å². The number of nitrogens with zero attached hydrogens (tertiary/aromatic N) is 1. The van der Waals surface area contributed by atoms with E-state index < -0.39 is 6.61 Å². The Labute approximate surface area is 122 Å². The second kappa shape index (κ2) is 5.97. The van der Waals surface area contributed by atoms with Gasteiger partial charge in [0.05, 0.1) is 0 Å². The molecule has 1 N–H and O–H groups in total. The summed E-state index contributed by atoms with van der Waals surface area (Å²) in [6.07, 6.45) is 3.20. The molecule has 6 heteroatoms. The molecule has 1 aromatic carbocycles. The normalized spacial score (nSPS) is 25.0. The molecular formula is C15H18F2N2O2. The zero-order chi connectivity index (χ0) is 14.8. The fourth-order valence-electron chi connectivity index (χ4n) is 3.12. The van der Waals surface area contributed by atoms with Crippen LogP contribution in [0.1, 0.15) is 29.6 Å². The summed E-state index contributed by atoms with van der Waals surface area (Å²) < 4.78 is 28.8. The van der Waals surface area contributed by atoms with Crippen molar-refractivity contribution in [1.29, 1.82) is 0 Å². The first-order valence-corrected chi connectivity index (χ1v) is 7.22. The number of amides is 1. The van der Waals surface area contributed by atoms with E-state index in [0.717, 1.165) is 12.8 Å². The second-order valence-electron chi connectivity index (χ2n) is 5.58. The summed E-state index contributed by atoms with van der Waals surface area (Å²) in [5.74, 6) is -0.102. The molecule has 4 nitrogen and oxygen atoms in total. The van der Waals surface area contributed by atoms with Gasteiger partial charge in [-0.15, -0.1) is 0 Å². The topological polar surface area (TPSA) is 41.6 Å². The molecule has 2 aliphatic rings. The van der Waals surface area contributed by atoms with Gasteiger partial charge in [0, 0.05) is 30.7 Å². The van der Waals surface area contributed by atoms with Crippen LogP contribution in [-0.4, -0.2) is 42.6 Å². The summed E-state index contributed by atoms with van der Waals surface area (Å²) in [5.41, 5.74) is 0.394. The molecule has 2 aliphatic heterocycles. The van der Waals surface area contributed by atoms with Crippen molar-refractivity contribution in [2.45, 2.75) is 38.0 Å². The van der Waals surface area contributed by atoms with Gasteiger partial charge in [0.25, 0.3) is 5.91 Å². The first-order valence-electron chi connectivity index (χ1n) is 7.22. The summed E-state index contributed by atoms with van der Waals surface area (Å²) in [5, 5.41) is 3.51. The Kier molecular flexibility index (Phi) is 4.05. The first kappa shape index (κ1) is 14.3. The van der Waals surface area contributed by atoms with Gasteiger partial charge < -0.3 is 15.0 Å². The Hall–Kier alpha value is -1.69. The van der Waals surface area contributed by atoms with Gasteiger partial charge in [0.2, 0.25) is 0 Å². The molecule has 3 rings (SSSR count). The van der Waals surface area contributed by atoms with Gasteiger partial charge in [0.1, 0.15) is 5.75 Å². The quantitative estimate of drug-likeness (QED) is 0.930. The van der Waals surface area contributed by atoms with Crippen LogP contribution < -0.4 is 10.1 Å². The molecule has 0 aromatic heterocycles. The Morgan fingerprint density at radius 1 is 1.29 bits per heavy atom. The summed E-state index contributed by atoms with van der Waals surface area (Å²) in [4.78, 5) is 14.3. The van der Waals surface area contributed by atoms with Crippen LogP contribution in [0, 0.1) is 0 Å². The third kappa shape index (κ3) is 3.32. The molecule has 0 aliphatic carbocycles. The number of halogens is 2. The number of likely N-dealkylation sites (tertiary alicyclic amines) is 1. The molecule has 0 saturated carbocycles. The van der Waals surface area contributed by atoms with E-state index in [-0.39, 0.29) is 11.7 Å². The molecular weight excluding hydrogens is 278 g/mol. The summed E-state index contributed by atoms with van der Waals surface area (Å²) >= 11 is 0. The number of benzene rings is 1. The first-order chi connectivity index (χ1) is 10.1. The predicted molar refractivity (Wildman–Crippen MR) is 73.5 cm³/mol. The molecule has 2 saturated heterocycles. The van der Waals surface area contributed by atoms with E-state index in [1.54, 1.807) is 17.0 Å². The molecule has 1 aromatic rings.